The average Bonchev–Trinajstić information content (AvgIpc) is 3.63. The van der Waals surface area contributed by atoms with Crippen molar-refractivity contribution in [3.63, 3.8) is 0 Å². The fraction of sp³-hybridized carbons (Fsp3) is 0.486. The van der Waals surface area contributed by atoms with Crippen molar-refractivity contribution in [3.8, 4) is 35.0 Å². The van der Waals surface area contributed by atoms with Crippen molar-refractivity contribution in [1.82, 2.24) is 20.0 Å². The van der Waals surface area contributed by atoms with Crippen molar-refractivity contribution in [2.75, 3.05) is 13.2 Å². The molecule has 2 unspecified atom stereocenters. The molecule has 0 bridgehead atoms. The van der Waals surface area contributed by atoms with Gasteiger partial charge in [0.05, 0.1) is 22.1 Å². The van der Waals surface area contributed by atoms with Crippen molar-refractivity contribution in [2.45, 2.75) is 92.5 Å². The Bertz CT molecular complexity index is 1630. The Balaban J connectivity index is 1.76. The maximum Gasteiger partial charge on any atom is 0.136 e. The van der Waals surface area contributed by atoms with Crippen LogP contribution in [0.2, 0.25) is 0 Å². The second-order valence-corrected chi connectivity index (χ2v) is 13.8. The van der Waals surface area contributed by atoms with E-state index < -0.39 is 0 Å². The number of carbonyl (C=O) groups is 1. The maximum absolute atomic E-state index is 12.7. The van der Waals surface area contributed by atoms with E-state index in [9.17, 15) is 4.79 Å². The number of nitrogens with two attached hydrogens (primary N) is 1. The lowest BCUT2D eigenvalue weighted by Gasteiger charge is -2.24. The molecule has 240 valence electrons. The largest absolute Gasteiger partial charge is 0.446 e. The topological polar surface area (TPSA) is 95.1 Å². The second kappa shape index (κ2) is 15.7. The highest BCUT2D eigenvalue weighted by molar-refractivity contribution is 7.10. The average molecular weight is 628 g/mol. The first-order valence-electron chi connectivity index (χ1n) is 16.2. The van der Waals surface area contributed by atoms with E-state index in [0.717, 1.165) is 60.7 Å². The van der Waals surface area contributed by atoms with Crippen LogP contribution in [0.4, 0.5) is 0 Å². The molecule has 45 heavy (non-hydrogen) atoms. The highest BCUT2D eigenvalue weighted by Gasteiger charge is 2.28. The highest BCUT2D eigenvalue weighted by atomic mass is 32.1. The predicted octanol–water partition coefficient (Wildman–Crippen LogP) is 7.92. The number of thiazole rings is 1. The molecule has 0 aliphatic carbocycles. The Morgan fingerprint density at radius 1 is 1.22 bits per heavy atom. The number of ether oxygens (including phenoxy) is 1. The van der Waals surface area contributed by atoms with Crippen LogP contribution in [0.3, 0.4) is 0 Å². The summed E-state index contributed by atoms with van der Waals surface area (Å²) in [4.78, 5) is 22.6. The van der Waals surface area contributed by atoms with E-state index in [0.29, 0.717) is 25.4 Å². The van der Waals surface area contributed by atoms with E-state index in [2.05, 4.69) is 80.4 Å². The quantitative estimate of drug-likeness (QED) is 0.0535. The molecule has 0 spiro atoms. The molecule has 4 aromatic rings. The van der Waals surface area contributed by atoms with Crippen LogP contribution in [0, 0.1) is 23.9 Å². The Kier molecular flexibility index (Phi) is 12.0. The molecule has 7 nitrogen and oxygen atoms in total. The number of nitrogens with one attached hydrogen (secondary N) is 1. The van der Waals surface area contributed by atoms with Crippen LogP contribution < -0.4 is 11.3 Å². The van der Waals surface area contributed by atoms with E-state index in [4.69, 9.17) is 27.0 Å². The standard InChI is InChI=1S/C37H49N5O2S/c1-8-25(4)35-28(14-13-18-39-35)36-30(22-37(6,7)24-44-10-3)29-21-27(16-17-32(29)42(36)9-2)31-23-45-34(41-31)20-26(5)33(43)15-11-12-19-40-38/h3,13-14,16-18,21,23,25-26,40H,8-9,11-12,15,19-20,22,24,38H2,1-2,4-7H3. The molecule has 3 N–H and O–H groups in total. The van der Waals surface area contributed by atoms with Crippen molar-refractivity contribution >= 4 is 28.0 Å². The van der Waals surface area contributed by atoms with Gasteiger partial charge in [0.25, 0.3) is 0 Å². The summed E-state index contributed by atoms with van der Waals surface area (Å²) in [5.74, 6) is 5.90. The molecule has 3 heterocycles. The molecule has 2 atom stereocenters. The number of fused-ring (bicyclic) bond motifs is 1. The fourth-order valence-corrected chi connectivity index (χ4v) is 6.99. The number of Topliss-reactive ketones (excluding diaryl/α,β-unsaturated/α-hetero) is 1. The zero-order valence-electron chi connectivity index (χ0n) is 27.8. The number of carbonyl (C=O) groups excluding carboxylic acids is 1. The second-order valence-electron chi connectivity index (χ2n) is 12.9. The summed E-state index contributed by atoms with van der Waals surface area (Å²) in [5.41, 5.74) is 10.5. The van der Waals surface area contributed by atoms with E-state index in [1.807, 2.05) is 19.2 Å². The van der Waals surface area contributed by atoms with Crippen LogP contribution in [0.25, 0.3) is 33.4 Å². The molecule has 0 radical (unpaired) electrons. The van der Waals surface area contributed by atoms with Crippen LogP contribution in [0.15, 0.2) is 41.9 Å². The number of hydrogen-bond acceptors (Lipinski definition) is 7. The molecule has 1 aromatic carbocycles. The smallest absolute Gasteiger partial charge is 0.136 e. The molecule has 0 aliphatic rings. The lowest BCUT2D eigenvalue weighted by atomic mass is 9.84. The van der Waals surface area contributed by atoms with Crippen LogP contribution in [-0.4, -0.2) is 33.5 Å². The van der Waals surface area contributed by atoms with Crippen molar-refractivity contribution in [3.05, 3.63) is 58.2 Å². The van der Waals surface area contributed by atoms with Gasteiger partial charge in [0, 0.05) is 70.9 Å². The number of hydrogen-bond donors (Lipinski definition) is 2. The fourth-order valence-electron chi connectivity index (χ4n) is 6.05. The lowest BCUT2D eigenvalue weighted by Crippen LogP contribution is -2.23. The predicted molar refractivity (Wildman–Crippen MR) is 187 cm³/mol. The van der Waals surface area contributed by atoms with E-state index in [1.54, 1.807) is 11.3 Å². The van der Waals surface area contributed by atoms with Gasteiger partial charge in [0.1, 0.15) is 18.5 Å². The lowest BCUT2D eigenvalue weighted by molar-refractivity contribution is -0.122. The van der Waals surface area contributed by atoms with Gasteiger partial charge in [-0.25, -0.2) is 4.98 Å². The third-order valence-electron chi connectivity index (χ3n) is 8.73. The van der Waals surface area contributed by atoms with Crippen molar-refractivity contribution < 1.29 is 9.53 Å². The SMILES string of the molecule is C#COCC(C)(C)Cc1c(-c2cccnc2C(C)CC)n(CC)c2ccc(-c3csc(CC(C)C(=O)CCCCNN)n3)cc12. The first-order chi connectivity index (χ1) is 21.6. The molecule has 0 amide bonds. The summed E-state index contributed by atoms with van der Waals surface area (Å²) in [6.45, 7) is 15.1. The van der Waals surface area contributed by atoms with Crippen molar-refractivity contribution in [2.24, 2.45) is 17.2 Å². The van der Waals surface area contributed by atoms with Crippen LogP contribution in [0.5, 0.6) is 0 Å². The molecule has 0 aliphatic heterocycles. The minimum Gasteiger partial charge on any atom is -0.446 e. The molecule has 0 saturated carbocycles. The molecule has 0 fully saturated rings. The Morgan fingerprint density at radius 3 is 2.73 bits per heavy atom. The third-order valence-corrected chi connectivity index (χ3v) is 9.60. The number of aromatic nitrogens is 3. The Labute approximate surface area is 273 Å². The minimum absolute atomic E-state index is 0.0586. The zero-order chi connectivity index (χ0) is 32.6. The molecule has 0 saturated heterocycles. The van der Waals surface area contributed by atoms with Crippen molar-refractivity contribution in [1.29, 1.82) is 0 Å². The normalized spacial score (nSPS) is 13.1. The summed E-state index contributed by atoms with van der Waals surface area (Å²) < 4.78 is 7.91. The summed E-state index contributed by atoms with van der Waals surface area (Å²) in [5, 5.41) is 4.31. The summed E-state index contributed by atoms with van der Waals surface area (Å²) in [6, 6.07) is 10.9. The van der Waals surface area contributed by atoms with Gasteiger partial charge in [-0.1, -0.05) is 47.1 Å². The van der Waals surface area contributed by atoms with Gasteiger partial charge in [0.2, 0.25) is 0 Å². The highest BCUT2D eigenvalue weighted by Crippen LogP contribution is 2.42. The third kappa shape index (κ3) is 8.21. The number of aryl methyl sites for hydroxylation is 1. The van der Waals surface area contributed by atoms with Crippen LogP contribution >= 0.6 is 11.3 Å². The number of ketones is 1. The molecular weight excluding hydrogens is 579 g/mol. The van der Waals surface area contributed by atoms with Gasteiger partial charge in [-0.15, -0.1) is 11.3 Å². The number of rotatable bonds is 17. The summed E-state index contributed by atoms with van der Waals surface area (Å²) >= 11 is 1.63. The Hall–Kier alpha value is -3.51. The zero-order valence-corrected chi connectivity index (χ0v) is 28.6. The number of unbranched alkanes of at least 4 members (excludes halogenated alkanes) is 1. The van der Waals surface area contributed by atoms with Crippen LogP contribution in [-0.2, 0) is 28.9 Å². The van der Waals surface area contributed by atoms with E-state index in [-0.39, 0.29) is 17.1 Å². The van der Waals surface area contributed by atoms with E-state index >= 15 is 0 Å². The van der Waals surface area contributed by atoms with Gasteiger partial charge < -0.3 is 9.30 Å². The first-order valence-corrected chi connectivity index (χ1v) is 17.1. The number of pyridine rings is 1. The number of terminal acetylenes is 1. The van der Waals surface area contributed by atoms with Gasteiger partial charge in [-0.05, 0) is 68.4 Å². The summed E-state index contributed by atoms with van der Waals surface area (Å²) in [6.07, 6.45) is 14.5. The van der Waals surface area contributed by atoms with Gasteiger partial charge in [0.15, 0.2) is 0 Å². The maximum atomic E-state index is 12.7. The molecule has 3 aromatic heterocycles. The Morgan fingerprint density at radius 2 is 2.02 bits per heavy atom. The van der Waals surface area contributed by atoms with Gasteiger partial charge in [-0.2, -0.15) is 0 Å². The summed E-state index contributed by atoms with van der Waals surface area (Å²) in [7, 11) is 0. The van der Waals surface area contributed by atoms with Crippen LogP contribution in [0.1, 0.15) is 89.4 Å². The first kappa shape index (κ1) is 34.4. The van der Waals surface area contributed by atoms with Gasteiger partial charge >= 0.3 is 0 Å². The van der Waals surface area contributed by atoms with Gasteiger partial charge in [-0.3, -0.25) is 21.0 Å². The molecule has 4 rings (SSSR count). The minimum atomic E-state index is -0.194. The number of hydrazine groups is 1. The molecule has 8 heteroatoms. The van der Waals surface area contributed by atoms with E-state index in [1.165, 1.54) is 27.7 Å². The number of benzene rings is 1. The number of nitrogens with zero attached hydrogens (tertiary/aromatic N) is 3. The molecular formula is C37H49N5O2S. The monoisotopic (exact) mass is 627 g/mol.